The number of rotatable bonds is 26. The summed E-state index contributed by atoms with van der Waals surface area (Å²) < 4.78 is 6.07. The average Bonchev–Trinajstić information content (AvgIpc) is 2.87. The summed E-state index contributed by atoms with van der Waals surface area (Å²) in [6.45, 7) is 5.47. The maximum atomic E-state index is 6.07. The molecule has 0 N–H and O–H groups in total. The van der Waals surface area contributed by atoms with Crippen molar-refractivity contribution >= 4 is 39.9 Å². The van der Waals surface area contributed by atoms with Crippen molar-refractivity contribution in [2.75, 3.05) is 0 Å². The lowest BCUT2D eigenvalue weighted by molar-refractivity contribution is 0.550. The molecular formula is C30H53OPS3. The molecule has 5 heteroatoms. The van der Waals surface area contributed by atoms with Gasteiger partial charge in [-0.05, 0) is 54.7 Å². The van der Waals surface area contributed by atoms with Crippen molar-refractivity contribution in [2.24, 2.45) is 0 Å². The Morgan fingerprint density at radius 2 is 1.09 bits per heavy atom. The Balaban J connectivity index is 2.36. The maximum absolute atomic E-state index is 6.07. The van der Waals surface area contributed by atoms with E-state index in [0.29, 0.717) is 0 Å². The molecule has 0 aliphatic heterocycles. The largest absolute Gasteiger partial charge is 0.413 e. The smallest absolute Gasteiger partial charge is 0.142 e. The van der Waals surface area contributed by atoms with Crippen LogP contribution in [0.4, 0.5) is 0 Å². The van der Waals surface area contributed by atoms with Crippen molar-refractivity contribution in [3.05, 3.63) is 29.3 Å². The van der Waals surface area contributed by atoms with Crippen LogP contribution in [0.25, 0.3) is 0 Å². The van der Waals surface area contributed by atoms with Crippen LogP contribution in [0.15, 0.2) is 18.2 Å². The van der Waals surface area contributed by atoms with Gasteiger partial charge in [0.1, 0.15) is 16.8 Å². The van der Waals surface area contributed by atoms with Gasteiger partial charge in [-0.2, -0.15) is 0 Å². The Morgan fingerprint density at radius 1 is 0.629 bits per heavy atom. The van der Waals surface area contributed by atoms with Crippen LogP contribution in [0, 0.1) is 0 Å². The van der Waals surface area contributed by atoms with Crippen molar-refractivity contribution in [3.8, 4) is 5.75 Å². The number of hydrogen-bond donors (Lipinski definition) is 0. The molecule has 0 radical (unpaired) electrons. The minimum atomic E-state index is 0.886. The van der Waals surface area contributed by atoms with Crippen LogP contribution in [0.5, 0.6) is 5.75 Å². The summed E-state index contributed by atoms with van der Waals surface area (Å²) in [6, 6.07) is 6.68. The summed E-state index contributed by atoms with van der Waals surface area (Å²) in [5, 5.41) is 0. The van der Waals surface area contributed by atoms with Gasteiger partial charge in [-0.3, -0.25) is 0 Å². The van der Waals surface area contributed by atoms with E-state index in [4.69, 9.17) is 16.0 Å². The molecule has 202 valence electrons. The molecule has 0 saturated carbocycles. The summed E-state index contributed by atoms with van der Waals surface area (Å²) in [5.74, 6) is 1.07. The predicted octanol–water partition coefficient (Wildman–Crippen LogP) is 12.6. The van der Waals surface area contributed by atoms with Gasteiger partial charge in [-0.25, -0.2) is 0 Å². The minimum absolute atomic E-state index is 0.886. The zero-order valence-corrected chi connectivity index (χ0v) is 26.2. The van der Waals surface area contributed by atoms with Crippen molar-refractivity contribution in [3.63, 3.8) is 0 Å². The molecule has 0 aromatic heterocycles. The molecule has 0 fully saturated rings. The molecule has 0 unspecified atom stereocenters. The highest BCUT2D eigenvalue weighted by atomic mass is 33.4. The molecule has 0 saturated heterocycles. The second kappa shape index (κ2) is 25.9. The first-order chi connectivity index (χ1) is 17.3. The van der Waals surface area contributed by atoms with Crippen LogP contribution in [0.3, 0.4) is 0 Å². The van der Waals surface area contributed by atoms with Gasteiger partial charge in [0.2, 0.25) is 0 Å². The van der Waals surface area contributed by atoms with Gasteiger partial charge in [0.25, 0.3) is 0 Å². The van der Waals surface area contributed by atoms with Crippen LogP contribution in [0.1, 0.15) is 153 Å². The second-order valence-electron chi connectivity index (χ2n) is 10.1. The van der Waals surface area contributed by atoms with E-state index in [2.05, 4.69) is 32.0 Å². The maximum Gasteiger partial charge on any atom is 0.142 e. The van der Waals surface area contributed by atoms with E-state index in [1.807, 2.05) is 0 Å². The molecule has 0 bridgehead atoms. The summed E-state index contributed by atoms with van der Waals surface area (Å²) in [6.07, 6.45) is 30.1. The molecule has 1 rings (SSSR count). The topological polar surface area (TPSA) is 9.23 Å². The van der Waals surface area contributed by atoms with Gasteiger partial charge in [-0.1, -0.05) is 142 Å². The van der Waals surface area contributed by atoms with Crippen LogP contribution in [0.2, 0.25) is 0 Å². The lowest BCUT2D eigenvalue weighted by Crippen LogP contribution is -1.99. The molecule has 0 heterocycles. The van der Waals surface area contributed by atoms with E-state index in [1.165, 1.54) is 157 Å². The Morgan fingerprint density at radius 3 is 1.57 bits per heavy atom. The van der Waals surface area contributed by atoms with E-state index in [0.717, 1.165) is 18.7 Å². The average molecular weight is 557 g/mol. The highest BCUT2D eigenvalue weighted by molar-refractivity contribution is 8.97. The molecule has 0 aliphatic rings. The first-order valence-corrected chi connectivity index (χ1v) is 19.4. The molecule has 35 heavy (non-hydrogen) atoms. The third kappa shape index (κ3) is 19.0. The lowest BCUT2D eigenvalue weighted by Gasteiger charge is -2.14. The molecule has 1 nitrogen and oxygen atoms in total. The summed E-state index contributed by atoms with van der Waals surface area (Å²) in [7, 11) is 1.58. The second-order valence-corrected chi connectivity index (χ2v) is 14.6. The molecule has 0 aliphatic carbocycles. The zero-order chi connectivity index (χ0) is 25.2. The van der Waals surface area contributed by atoms with Gasteiger partial charge in [0.15, 0.2) is 0 Å². The van der Waals surface area contributed by atoms with Crippen LogP contribution < -0.4 is 4.18 Å². The van der Waals surface area contributed by atoms with Gasteiger partial charge >= 0.3 is 0 Å². The fourth-order valence-electron chi connectivity index (χ4n) is 4.86. The van der Waals surface area contributed by atoms with Gasteiger partial charge in [-0.15, -0.1) is 0 Å². The predicted molar refractivity (Wildman–Crippen MR) is 168 cm³/mol. The third-order valence-electron chi connectivity index (χ3n) is 6.99. The molecule has 1 aromatic rings. The van der Waals surface area contributed by atoms with Crippen LogP contribution in [-0.2, 0) is 24.6 Å². The fourth-order valence-corrected chi connectivity index (χ4v) is 6.70. The fraction of sp³-hybridized carbons (Fsp3) is 0.800. The lowest BCUT2D eigenvalue weighted by atomic mass is 9.95. The van der Waals surface area contributed by atoms with E-state index in [-0.39, 0.29) is 0 Å². The van der Waals surface area contributed by atoms with Gasteiger partial charge in [0, 0.05) is 10.4 Å². The molecule has 0 atom stereocenters. The SMILES string of the molecule is CCCCCCCCCCCCc1cccc(OSSP=S)c1CCCCCCCCCCCC. The van der Waals surface area contributed by atoms with Crippen LogP contribution >= 0.6 is 28.0 Å². The van der Waals surface area contributed by atoms with Gasteiger partial charge in [0.05, 0.1) is 6.56 Å². The van der Waals surface area contributed by atoms with Crippen molar-refractivity contribution in [1.29, 1.82) is 0 Å². The third-order valence-corrected chi connectivity index (χ3v) is 10.7. The Hall–Kier alpha value is 0.240. The monoisotopic (exact) mass is 556 g/mol. The van der Waals surface area contributed by atoms with E-state index >= 15 is 0 Å². The molecule has 0 spiro atoms. The normalized spacial score (nSPS) is 11.4. The number of aryl methyl sites for hydroxylation is 1. The first-order valence-electron chi connectivity index (χ1n) is 14.8. The Kier molecular flexibility index (Phi) is 24.6. The van der Waals surface area contributed by atoms with Gasteiger partial charge < -0.3 is 4.18 Å². The number of hydrogen-bond acceptors (Lipinski definition) is 4. The minimum Gasteiger partial charge on any atom is -0.413 e. The highest BCUT2D eigenvalue weighted by Crippen LogP contribution is 2.37. The summed E-state index contributed by atoms with van der Waals surface area (Å²) in [4.78, 5) is 0. The molecule has 1 aromatic carbocycles. The Bertz CT molecular complexity index is 611. The molecule has 0 amide bonds. The van der Waals surface area contributed by atoms with E-state index in [1.54, 1.807) is 10.4 Å². The van der Waals surface area contributed by atoms with E-state index < -0.39 is 0 Å². The van der Waals surface area contributed by atoms with Crippen LogP contribution in [-0.4, -0.2) is 0 Å². The summed E-state index contributed by atoms with van der Waals surface area (Å²) in [5.41, 5.74) is 2.97. The zero-order valence-electron chi connectivity index (χ0n) is 22.9. The Labute approximate surface area is 233 Å². The quantitative estimate of drug-likeness (QED) is 0.0485. The highest BCUT2D eigenvalue weighted by Gasteiger charge is 2.11. The molecular weight excluding hydrogens is 504 g/mol. The van der Waals surface area contributed by atoms with E-state index in [9.17, 15) is 0 Å². The number of benzene rings is 1. The van der Waals surface area contributed by atoms with Crippen molar-refractivity contribution in [2.45, 2.75) is 155 Å². The first kappa shape index (κ1) is 33.3. The van der Waals surface area contributed by atoms with Crippen molar-refractivity contribution < 1.29 is 4.18 Å². The summed E-state index contributed by atoms with van der Waals surface area (Å²) >= 11 is 6.47. The number of unbranched alkanes of at least 4 members (excludes halogenated alkanes) is 18. The van der Waals surface area contributed by atoms with Crippen molar-refractivity contribution in [1.82, 2.24) is 0 Å². The standard InChI is InChI=1S/C30H53OPS3/c1-3-5-7-9-11-13-15-17-19-21-24-28-25-23-27-30(31-34-35-32-33)29(28)26-22-20-18-16-14-12-10-8-6-4-2/h23,25,27H,3-22,24,26H2,1-2H3.